The summed E-state index contributed by atoms with van der Waals surface area (Å²) in [6, 6.07) is 9.10. The molecule has 2 aromatic heterocycles. The summed E-state index contributed by atoms with van der Waals surface area (Å²) >= 11 is 1.28. The Labute approximate surface area is 173 Å². The topological polar surface area (TPSA) is 82.4 Å². The molecular weight excluding hydrogens is 390 g/mol. The number of methoxy groups -OCH3 is 1. The van der Waals surface area contributed by atoms with Crippen LogP contribution in [0.3, 0.4) is 0 Å². The molecule has 0 aliphatic heterocycles. The highest BCUT2D eigenvalue weighted by Gasteiger charge is 2.24. The van der Waals surface area contributed by atoms with Gasteiger partial charge in [0.05, 0.1) is 19.4 Å². The minimum Gasteiger partial charge on any atom is -0.497 e. The second-order valence-corrected chi connectivity index (χ2v) is 7.12. The van der Waals surface area contributed by atoms with E-state index in [1.165, 1.54) is 11.3 Å². The van der Waals surface area contributed by atoms with Crippen molar-refractivity contribution in [2.24, 2.45) is 0 Å². The van der Waals surface area contributed by atoms with Gasteiger partial charge in [0.25, 0.3) is 5.91 Å². The zero-order valence-electron chi connectivity index (χ0n) is 16.8. The lowest BCUT2D eigenvalue weighted by molar-refractivity contribution is 0.0529. The smallest absolute Gasteiger partial charge is 0.341 e. The van der Waals surface area contributed by atoms with Crippen molar-refractivity contribution in [3.8, 4) is 16.9 Å². The molecule has 0 fully saturated rings. The Morgan fingerprint density at radius 2 is 1.93 bits per heavy atom. The van der Waals surface area contributed by atoms with Crippen molar-refractivity contribution in [2.45, 2.75) is 27.3 Å². The van der Waals surface area contributed by atoms with Crippen molar-refractivity contribution in [1.29, 1.82) is 0 Å². The monoisotopic (exact) mass is 413 g/mol. The number of benzene rings is 1. The average molecular weight is 413 g/mol. The van der Waals surface area contributed by atoms with Crippen molar-refractivity contribution in [3.63, 3.8) is 0 Å². The van der Waals surface area contributed by atoms with E-state index in [0.717, 1.165) is 17.0 Å². The molecule has 29 heavy (non-hydrogen) atoms. The van der Waals surface area contributed by atoms with E-state index in [2.05, 4.69) is 10.4 Å². The number of thiophene rings is 1. The van der Waals surface area contributed by atoms with Crippen LogP contribution in [0.25, 0.3) is 11.1 Å². The fourth-order valence-corrected chi connectivity index (χ4v) is 3.93. The predicted octanol–water partition coefficient (Wildman–Crippen LogP) is 4.38. The first-order valence-electron chi connectivity index (χ1n) is 9.27. The van der Waals surface area contributed by atoms with Gasteiger partial charge in [-0.2, -0.15) is 5.10 Å². The number of aromatic nitrogens is 2. The van der Waals surface area contributed by atoms with Crippen LogP contribution >= 0.6 is 11.3 Å². The first-order valence-corrected chi connectivity index (χ1v) is 10.1. The molecule has 1 aromatic carbocycles. The number of hydrogen-bond acceptors (Lipinski definition) is 6. The molecule has 2 heterocycles. The van der Waals surface area contributed by atoms with E-state index in [-0.39, 0.29) is 12.5 Å². The molecule has 8 heteroatoms. The summed E-state index contributed by atoms with van der Waals surface area (Å²) in [4.78, 5) is 25.5. The third-order valence-corrected chi connectivity index (χ3v) is 5.23. The summed E-state index contributed by atoms with van der Waals surface area (Å²) in [7, 11) is 1.60. The van der Waals surface area contributed by atoms with Gasteiger partial charge in [0.15, 0.2) is 0 Å². The van der Waals surface area contributed by atoms with Gasteiger partial charge in [0.2, 0.25) is 0 Å². The van der Waals surface area contributed by atoms with E-state index < -0.39 is 5.97 Å². The molecule has 152 valence electrons. The molecule has 1 N–H and O–H groups in total. The van der Waals surface area contributed by atoms with Gasteiger partial charge in [-0.15, -0.1) is 11.3 Å². The molecule has 7 nitrogen and oxygen atoms in total. The van der Waals surface area contributed by atoms with E-state index in [1.807, 2.05) is 43.5 Å². The van der Waals surface area contributed by atoms with Crippen molar-refractivity contribution in [1.82, 2.24) is 9.78 Å². The Morgan fingerprint density at radius 3 is 2.55 bits per heavy atom. The standard InChI is InChI=1S/C21H23N3O4S/c1-5-24-17(11-13(3)23-24)19(25)22-20-18(21(26)28-6-2)16(12-29-20)14-7-9-15(27-4)10-8-14/h7-12H,5-6H2,1-4H3,(H,22,25). The summed E-state index contributed by atoms with van der Waals surface area (Å²) in [5.74, 6) is -0.0745. The number of amides is 1. The van der Waals surface area contributed by atoms with Crippen molar-refractivity contribution in [3.05, 3.63) is 52.7 Å². The van der Waals surface area contributed by atoms with E-state index in [0.29, 0.717) is 28.4 Å². The quantitative estimate of drug-likeness (QED) is 0.581. The number of nitrogens with zero attached hydrogens (tertiary/aromatic N) is 2. The first kappa shape index (κ1) is 20.6. The Hall–Kier alpha value is -3.13. The number of carbonyl (C=O) groups excluding carboxylic acids is 2. The number of ether oxygens (including phenoxy) is 2. The molecule has 3 rings (SSSR count). The van der Waals surface area contributed by atoms with Crippen LogP contribution in [0.1, 0.15) is 40.4 Å². The maximum absolute atomic E-state index is 12.8. The lowest BCUT2D eigenvalue weighted by Gasteiger charge is -2.10. The van der Waals surface area contributed by atoms with Crippen LogP contribution in [0.2, 0.25) is 0 Å². The lowest BCUT2D eigenvalue weighted by Crippen LogP contribution is -2.18. The minimum absolute atomic E-state index is 0.242. The summed E-state index contributed by atoms with van der Waals surface area (Å²) in [6.07, 6.45) is 0. The van der Waals surface area contributed by atoms with Crippen molar-refractivity contribution >= 4 is 28.2 Å². The SMILES string of the molecule is CCOC(=O)c1c(-c2ccc(OC)cc2)csc1NC(=O)c1cc(C)nn1CC. The number of anilines is 1. The van der Waals surface area contributed by atoms with Crippen LogP contribution in [0.5, 0.6) is 5.75 Å². The third-order valence-electron chi connectivity index (χ3n) is 4.33. The number of aryl methyl sites for hydroxylation is 2. The van der Waals surface area contributed by atoms with Crippen molar-refractivity contribution < 1.29 is 19.1 Å². The molecule has 0 saturated carbocycles. The van der Waals surface area contributed by atoms with Crippen LogP contribution < -0.4 is 10.1 Å². The van der Waals surface area contributed by atoms with Crippen molar-refractivity contribution in [2.75, 3.05) is 19.0 Å². The normalized spacial score (nSPS) is 10.6. The summed E-state index contributed by atoms with van der Waals surface area (Å²) in [5.41, 5.74) is 3.08. The number of nitrogens with one attached hydrogen (secondary N) is 1. The fraction of sp³-hybridized carbons (Fsp3) is 0.286. The van der Waals surface area contributed by atoms with Gasteiger partial charge in [-0.05, 0) is 44.5 Å². The highest BCUT2D eigenvalue weighted by Crippen LogP contribution is 2.37. The fourth-order valence-electron chi connectivity index (χ4n) is 2.98. The van der Waals surface area contributed by atoms with Crippen LogP contribution in [0.15, 0.2) is 35.7 Å². The van der Waals surface area contributed by atoms with Gasteiger partial charge in [-0.3, -0.25) is 9.48 Å². The molecule has 0 atom stereocenters. The maximum atomic E-state index is 12.8. The average Bonchev–Trinajstić information content (AvgIpc) is 3.31. The number of esters is 1. The molecule has 0 bridgehead atoms. The molecule has 3 aromatic rings. The van der Waals surface area contributed by atoms with Gasteiger partial charge >= 0.3 is 5.97 Å². The predicted molar refractivity (Wildman–Crippen MR) is 113 cm³/mol. The largest absolute Gasteiger partial charge is 0.497 e. The Balaban J connectivity index is 1.98. The number of hydrogen-bond donors (Lipinski definition) is 1. The highest BCUT2D eigenvalue weighted by atomic mass is 32.1. The second-order valence-electron chi connectivity index (χ2n) is 6.24. The zero-order valence-corrected chi connectivity index (χ0v) is 17.6. The minimum atomic E-state index is -0.477. The zero-order chi connectivity index (χ0) is 21.0. The van der Waals surface area contributed by atoms with E-state index in [9.17, 15) is 9.59 Å². The van der Waals surface area contributed by atoms with Gasteiger partial charge < -0.3 is 14.8 Å². The van der Waals surface area contributed by atoms with Gasteiger partial charge in [0, 0.05) is 17.5 Å². The molecule has 0 aliphatic carbocycles. The van der Waals surface area contributed by atoms with Crippen LogP contribution in [0, 0.1) is 6.92 Å². The Morgan fingerprint density at radius 1 is 1.21 bits per heavy atom. The molecule has 1 amide bonds. The first-order chi connectivity index (χ1) is 14.0. The van der Waals surface area contributed by atoms with E-state index in [1.54, 1.807) is 24.8 Å². The van der Waals surface area contributed by atoms with Gasteiger partial charge in [0.1, 0.15) is 22.0 Å². The van der Waals surface area contributed by atoms with Crippen LogP contribution in [0.4, 0.5) is 5.00 Å². The van der Waals surface area contributed by atoms with Gasteiger partial charge in [-0.25, -0.2) is 4.79 Å². The molecule has 0 aliphatic rings. The highest BCUT2D eigenvalue weighted by molar-refractivity contribution is 7.15. The van der Waals surface area contributed by atoms with Gasteiger partial charge in [-0.1, -0.05) is 12.1 Å². The molecular formula is C21H23N3O4S. The van der Waals surface area contributed by atoms with Crippen LogP contribution in [-0.2, 0) is 11.3 Å². The molecule has 0 unspecified atom stereocenters. The second kappa shape index (κ2) is 8.91. The summed E-state index contributed by atoms with van der Waals surface area (Å²) in [6.45, 7) is 6.31. The number of carbonyl (C=O) groups is 2. The van der Waals surface area contributed by atoms with E-state index in [4.69, 9.17) is 9.47 Å². The third kappa shape index (κ3) is 4.32. The Bertz CT molecular complexity index is 1020. The molecule has 0 radical (unpaired) electrons. The summed E-state index contributed by atoms with van der Waals surface area (Å²) in [5, 5.41) is 9.45. The molecule has 0 saturated heterocycles. The lowest BCUT2D eigenvalue weighted by atomic mass is 10.0. The van der Waals surface area contributed by atoms with E-state index >= 15 is 0 Å². The van der Waals surface area contributed by atoms with Crippen LogP contribution in [-0.4, -0.2) is 35.4 Å². The summed E-state index contributed by atoms with van der Waals surface area (Å²) < 4.78 is 12.1. The maximum Gasteiger partial charge on any atom is 0.341 e. The Kier molecular flexibility index (Phi) is 6.33. The number of rotatable bonds is 7. The molecule has 0 spiro atoms.